The predicted molar refractivity (Wildman–Crippen MR) is 250 cm³/mol. The van der Waals surface area contributed by atoms with E-state index in [0.717, 1.165) is 22.6 Å². The van der Waals surface area contributed by atoms with Crippen LogP contribution in [-0.2, 0) is 43.0 Å². The normalized spacial score (nSPS) is 27.0. The lowest BCUT2D eigenvalue weighted by molar-refractivity contribution is -0.149. The van der Waals surface area contributed by atoms with Gasteiger partial charge in [-0.3, -0.25) is 33.7 Å². The van der Waals surface area contributed by atoms with Gasteiger partial charge in [-0.05, 0) is 71.9 Å². The van der Waals surface area contributed by atoms with Crippen LogP contribution in [0.1, 0.15) is 123 Å². The molecule has 4 saturated heterocycles. The zero-order valence-electron chi connectivity index (χ0n) is 40.8. The number of hydrogen-bond acceptors (Lipinski definition) is 12. The number of nitrogens with one attached hydrogen (secondary N) is 4. The fourth-order valence-electron chi connectivity index (χ4n) is 9.49. The van der Waals surface area contributed by atoms with E-state index in [1.54, 1.807) is 32.6 Å². The van der Waals surface area contributed by atoms with Gasteiger partial charge in [-0.2, -0.15) is 0 Å². The SMILES string of the molecule is CC[C@@H](C)C(=O)N[C@H]1CCO[C@H]2CC[C@H](C(=O)N[C@@H]3CCOc4ccccc43)N2C1=O.C[C@@H](C(=O)N[C@H]1CCO[C@H]2CC[C@H](C(=O)N[C@@H]3CCOc4ccccc43)N2C1=O)N(C)C(=O)OC(C)(C)C. The van der Waals surface area contributed by atoms with E-state index in [2.05, 4.69) is 21.3 Å². The molecule has 0 bridgehead atoms. The van der Waals surface area contributed by atoms with E-state index in [9.17, 15) is 33.6 Å². The summed E-state index contributed by atoms with van der Waals surface area (Å²) in [5.41, 5.74) is 1.16. The van der Waals surface area contributed by atoms with E-state index in [1.807, 2.05) is 62.4 Å². The number of likely N-dealkylation sites (N-methyl/N-ethyl adjacent to an activating group) is 1. The van der Waals surface area contributed by atoms with Gasteiger partial charge in [-0.1, -0.05) is 50.2 Å². The van der Waals surface area contributed by atoms with Crippen LogP contribution in [0.3, 0.4) is 0 Å². The van der Waals surface area contributed by atoms with Crippen LogP contribution in [0, 0.1) is 5.92 Å². The molecule has 8 rings (SSSR count). The molecule has 0 saturated carbocycles. The number of carbonyl (C=O) groups is 7. The molecule has 6 aliphatic heterocycles. The van der Waals surface area contributed by atoms with E-state index in [0.29, 0.717) is 71.2 Å². The number of carbonyl (C=O) groups excluding carboxylic acids is 7. The van der Waals surface area contributed by atoms with E-state index in [-0.39, 0.29) is 60.6 Å². The summed E-state index contributed by atoms with van der Waals surface area (Å²) in [6.07, 6.45) is 3.26. The van der Waals surface area contributed by atoms with E-state index in [4.69, 9.17) is 23.7 Å². The molecule has 2 aromatic rings. The molecule has 6 heterocycles. The zero-order chi connectivity index (χ0) is 49.6. The second-order valence-corrected chi connectivity index (χ2v) is 19.6. The molecule has 2 aromatic carbocycles. The molecule has 0 aliphatic carbocycles. The molecule has 19 nitrogen and oxygen atoms in total. The standard InChI is InChI=1S/C27H38N4O7.C23H31N3O5/c1-16(30(5)26(35)38-27(2,3)4)23(32)29-19-13-15-37-22-11-10-20(31(22)25(19)34)24(33)28-18-12-14-36-21-9-7-6-8-17(18)21;1-3-14(2)21(27)25-17-11-13-31-20-9-8-18(26(20)23(17)29)22(28)24-16-10-12-30-19-7-5-4-6-15(16)19/h6-9,16,18-20,22H,10-15H2,1-5H3,(H,28,33)(H,29,32);4-7,14,16-18,20H,3,8-13H2,1-2H3,(H,24,28)(H,25,27)/t16-,18+,19-,20+,22-;14-,16-,17+,18-,20+/m01/s1. The molecule has 19 heteroatoms. The lowest BCUT2D eigenvalue weighted by Gasteiger charge is -2.33. The maximum absolute atomic E-state index is 13.6. The smallest absolute Gasteiger partial charge is 0.410 e. The Bertz CT molecular complexity index is 2220. The van der Waals surface area contributed by atoms with Crippen LogP contribution in [0.2, 0.25) is 0 Å². The summed E-state index contributed by atoms with van der Waals surface area (Å²) < 4.78 is 28.5. The molecule has 4 N–H and O–H groups in total. The van der Waals surface area contributed by atoms with Crippen molar-refractivity contribution in [1.29, 1.82) is 0 Å². The summed E-state index contributed by atoms with van der Waals surface area (Å²) >= 11 is 0. The topological polar surface area (TPSA) is 223 Å². The Kier molecular flexibility index (Phi) is 16.4. The van der Waals surface area contributed by atoms with Gasteiger partial charge in [0.15, 0.2) is 0 Å². The first-order chi connectivity index (χ1) is 32.9. The van der Waals surface area contributed by atoms with Crippen LogP contribution in [-0.4, -0.2) is 138 Å². The van der Waals surface area contributed by atoms with Crippen LogP contribution in [0.5, 0.6) is 11.5 Å². The van der Waals surface area contributed by atoms with Gasteiger partial charge in [0.05, 0.1) is 38.5 Å². The van der Waals surface area contributed by atoms with E-state index < -0.39 is 60.3 Å². The van der Waals surface area contributed by atoms with E-state index in [1.165, 1.54) is 16.8 Å². The molecule has 6 aliphatic rings. The van der Waals surface area contributed by atoms with Crippen molar-refractivity contribution in [2.75, 3.05) is 33.5 Å². The molecular weight excluding hydrogens is 891 g/mol. The van der Waals surface area contributed by atoms with Crippen molar-refractivity contribution < 1.29 is 57.2 Å². The summed E-state index contributed by atoms with van der Waals surface area (Å²) in [7, 11) is 1.47. The lowest BCUT2D eigenvalue weighted by Crippen LogP contribution is -2.57. The molecule has 7 amide bonds. The molecule has 10 atom stereocenters. The van der Waals surface area contributed by atoms with Gasteiger partial charge >= 0.3 is 6.09 Å². The Balaban J connectivity index is 0.000000208. The highest BCUT2D eigenvalue weighted by atomic mass is 16.6. The first-order valence-electron chi connectivity index (χ1n) is 24.4. The van der Waals surface area contributed by atoms with Gasteiger partial charge in [0.2, 0.25) is 35.4 Å². The van der Waals surface area contributed by atoms with Crippen molar-refractivity contribution in [2.45, 2.75) is 160 Å². The third-order valence-electron chi connectivity index (χ3n) is 13.7. The van der Waals surface area contributed by atoms with Crippen molar-refractivity contribution >= 4 is 41.5 Å². The Hall–Kier alpha value is -5.95. The van der Waals surface area contributed by atoms with Crippen molar-refractivity contribution in [2.24, 2.45) is 5.92 Å². The maximum Gasteiger partial charge on any atom is 0.410 e. The minimum atomic E-state index is -0.876. The van der Waals surface area contributed by atoms with Crippen LogP contribution in [0.15, 0.2) is 48.5 Å². The van der Waals surface area contributed by atoms with Gasteiger partial charge in [0.1, 0.15) is 59.8 Å². The number of ether oxygens (including phenoxy) is 5. The summed E-state index contributed by atoms with van der Waals surface area (Å²) in [6.45, 7) is 12.2. The fourth-order valence-corrected chi connectivity index (χ4v) is 9.49. The van der Waals surface area contributed by atoms with Crippen molar-refractivity contribution in [3.05, 3.63) is 59.7 Å². The minimum absolute atomic E-state index is 0.140. The monoisotopic (exact) mass is 960 g/mol. The molecule has 0 unspecified atom stereocenters. The molecule has 4 fully saturated rings. The third kappa shape index (κ3) is 11.9. The number of nitrogens with zero attached hydrogens (tertiary/aromatic N) is 3. The van der Waals surface area contributed by atoms with Crippen molar-refractivity contribution in [3.63, 3.8) is 0 Å². The summed E-state index contributed by atoms with van der Waals surface area (Å²) in [5.74, 6) is -0.305. The summed E-state index contributed by atoms with van der Waals surface area (Å²) in [6, 6.07) is 11.2. The Morgan fingerprint density at radius 1 is 0.638 bits per heavy atom. The summed E-state index contributed by atoms with van der Waals surface area (Å²) in [4.78, 5) is 95.5. The van der Waals surface area contributed by atoms with Crippen LogP contribution < -0.4 is 30.7 Å². The van der Waals surface area contributed by atoms with Crippen LogP contribution in [0.4, 0.5) is 4.79 Å². The largest absolute Gasteiger partial charge is 0.493 e. The third-order valence-corrected chi connectivity index (χ3v) is 13.7. The van der Waals surface area contributed by atoms with Gasteiger partial charge in [-0.25, -0.2) is 4.79 Å². The van der Waals surface area contributed by atoms with Crippen molar-refractivity contribution in [3.8, 4) is 11.5 Å². The second kappa shape index (κ2) is 22.2. The highest BCUT2D eigenvalue weighted by Gasteiger charge is 2.48. The first kappa shape index (κ1) is 50.9. The van der Waals surface area contributed by atoms with Crippen LogP contribution >= 0.6 is 0 Å². The van der Waals surface area contributed by atoms with Gasteiger partial charge in [-0.15, -0.1) is 0 Å². The Morgan fingerprint density at radius 3 is 1.52 bits per heavy atom. The maximum atomic E-state index is 13.6. The van der Waals surface area contributed by atoms with Crippen LogP contribution in [0.25, 0.3) is 0 Å². The second-order valence-electron chi connectivity index (χ2n) is 19.6. The quantitative estimate of drug-likeness (QED) is 0.266. The first-order valence-corrected chi connectivity index (χ1v) is 24.4. The number of hydrogen-bond donors (Lipinski definition) is 4. The number of amides is 7. The number of para-hydroxylation sites is 2. The Morgan fingerprint density at radius 2 is 1.07 bits per heavy atom. The number of fused-ring (bicyclic) bond motifs is 4. The average molecular weight is 960 g/mol. The fraction of sp³-hybridized carbons (Fsp3) is 0.620. The number of benzene rings is 2. The molecule has 69 heavy (non-hydrogen) atoms. The number of rotatable bonds is 10. The average Bonchev–Trinajstić information content (AvgIpc) is 3.89. The van der Waals surface area contributed by atoms with Gasteiger partial charge in [0.25, 0.3) is 0 Å². The van der Waals surface area contributed by atoms with Crippen molar-refractivity contribution in [1.82, 2.24) is 36.0 Å². The predicted octanol–water partition coefficient (Wildman–Crippen LogP) is 4.00. The Labute approximate surface area is 404 Å². The molecule has 0 aromatic heterocycles. The van der Waals surface area contributed by atoms with E-state index >= 15 is 0 Å². The minimum Gasteiger partial charge on any atom is -0.493 e. The molecular formula is C50H69N7O12. The zero-order valence-corrected chi connectivity index (χ0v) is 40.8. The molecule has 0 spiro atoms. The highest BCUT2D eigenvalue weighted by molar-refractivity contribution is 5.95. The molecule has 0 radical (unpaired) electrons. The summed E-state index contributed by atoms with van der Waals surface area (Å²) in [5, 5.41) is 11.8. The lowest BCUT2D eigenvalue weighted by atomic mass is 10.00. The molecule has 376 valence electrons. The highest BCUT2D eigenvalue weighted by Crippen LogP contribution is 2.36. The van der Waals surface area contributed by atoms with Gasteiger partial charge < -0.3 is 54.8 Å². The van der Waals surface area contributed by atoms with Gasteiger partial charge in [0, 0.05) is 49.8 Å².